The van der Waals surface area contributed by atoms with Crippen LogP contribution >= 0.6 is 0 Å². The topological polar surface area (TPSA) is 3.24 Å². The highest BCUT2D eigenvalue weighted by Crippen LogP contribution is 2.26. The van der Waals surface area contributed by atoms with Crippen LogP contribution in [-0.4, -0.2) is 25.0 Å². The molecule has 0 saturated carbocycles. The lowest BCUT2D eigenvalue weighted by atomic mass is 9.81. The van der Waals surface area contributed by atoms with E-state index in [0.29, 0.717) is 5.41 Å². The normalized spacial score (nSPS) is 13.4. The Morgan fingerprint density at radius 3 is 1.85 bits per heavy atom. The van der Waals surface area contributed by atoms with Crippen molar-refractivity contribution in [1.29, 1.82) is 0 Å². The molecule has 0 rings (SSSR count). The van der Waals surface area contributed by atoms with Crippen molar-refractivity contribution in [2.75, 3.05) is 20.1 Å². The van der Waals surface area contributed by atoms with E-state index < -0.39 is 0 Å². The van der Waals surface area contributed by atoms with E-state index >= 15 is 0 Å². The van der Waals surface area contributed by atoms with Gasteiger partial charge in [0.05, 0.1) is 0 Å². The Hall–Kier alpha value is -0.0400. The molecular weight excluding hydrogens is 158 g/mol. The lowest BCUT2D eigenvalue weighted by Gasteiger charge is -2.34. The average molecular weight is 185 g/mol. The van der Waals surface area contributed by atoms with Gasteiger partial charge in [-0.15, -0.1) is 0 Å². The third kappa shape index (κ3) is 5.30. The number of rotatable bonds is 5. The molecule has 0 aromatic rings. The second-order valence-corrected chi connectivity index (χ2v) is 5.73. The molecule has 0 unspecified atom stereocenters. The Morgan fingerprint density at radius 2 is 1.54 bits per heavy atom. The minimum Gasteiger partial charge on any atom is -0.306 e. The average Bonchev–Trinajstić information content (AvgIpc) is 1.82. The second-order valence-electron chi connectivity index (χ2n) is 5.73. The lowest BCUT2D eigenvalue weighted by molar-refractivity contribution is 0.146. The van der Waals surface area contributed by atoms with Crippen LogP contribution in [0.1, 0.15) is 41.5 Å². The molecule has 1 heteroatoms. The number of nitrogens with zero attached hydrogens (tertiary/aromatic N) is 1. The zero-order chi connectivity index (χ0) is 10.6. The van der Waals surface area contributed by atoms with Gasteiger partial charge in [0.25, 0.3) is 0 Å². The summed E-state index contributed by atoms with van der Waals surface area (Å²) in [5.74, 6) is 1.52. The predicted octanol–water partition coefficient (Wildman–Crippen LogP) is 3.26. The summed E-state index contributed by atoms with van der Waals surface area (Å²) < 4.78 is 0. The summed E-state index contributed by atoms with van der Waals surface area (Å²) >= 11 is 0. The third-order valence-corrected chi connectivity index (χ3v) is 2.92. The van der Waals surface area contributed by atoms with Gasteiger partial charge in [-0.1, -0.05) is 41.5 Å². The number of hydrogen-bond donors (Lipinski definition) is 0. The molecule has 0 heterocycles. The fourth-order valence-corrected chi connectivity index (χ4v) is 1.57. The first-order valence-corrected chi connectivity index (χ1v) is 5.44. The van der Waals surface area contributed by atoms with E-state index in [1.54, 1.807) is 0 Å². The molecule has 1 nitrogen and oxygen atoms in total. The Bertz CT molecular complexity index is 136. The molecule has 80 valence electrons. The van der Waals surface area contributed by atoms with Crippen molar-refractivity contribution in [3.8, 4) is 0 Å². The van der Waals surface area contributed by atoms with E-state index in [4.69, 9.17) is 0 Å². The highest BCUT2D eigenvalue weighted by Gasteiger charge is 2.23. The van der Waals surface area contributed by atoms with E-state index in [0.717, 1.165) is 11.8 Å². The smallest absolute Gasteiger partial charge is 0.00322 e. The van der Waals surface area contributed by atoms with Crippen LogP contribution in [0.4, 0.5) is 0 Å². The van der Waals surface area contributed by atoms with Gasteiger partial charge in [0, 0.05) is 13.1 Å². The van der Waals surface area contributed by atoms with Crippen LogP contribution in [0, 0.1) is 17.3 Å². The highest BCUT2D eigenvalue weighted by molar-refractivity contribution is 4.75. The minimum absolute atomic E-state index is 0.434. The van der Waals surface area contributed by atoms with Crippen molar-refractivity contribution in [3.05, 3.63) is 0 Å². The summed E-state index contributed by atoms with van der Waals surface area (Å²) in [4.78, 5) is 2.45. The Kier molecular flexibility index (Phi) is 4.98. The summed E-state index contributed by atoms with van der Waals surface area (Å²) in [7, 11) is 2.23. The van der Waals surface area contributed by atoms with Crippen LogP contribution in [0.5, 0.6) is 0 Å². The molecule has 0 radical (unpaired) electrons. The Morgan fingerprint density at radius 1 is 1.08 bits per heavy atom. The summed E-state index contributed by atoms with van der Waals surface area (Å²) in [5.41, 5.74) is 0.434. The highest BCUT2D eigenvalue weighted by atomic mass is 15.1. The molecule has 0 aromatic carbocycles. The fourth-order valence-electron chi connectivity index (χ4n) is 1.57. The van der Waals surface area contributed by atoms with Gasteiger partial charge in [0.15, 0.2) is 0 Å². The fraction of sp³-hybridized carbons (Fsp3) is 1.00. The maximum absolute atomic E-state index is 2.45. The molecule has 0 spiro atoms. The lowest BCUT2D eigenvalue weighted by Crippen LogP contribution is -2.36. The van der Waals surface area contributed by atoms with Gasteiger partial charge in [-0.25, -0.2) is 0 Å². The molecule has 13 heavy (non-hydrogen) atoms. The van der Waals surface area contributed by atoms with Crippen molar-refractivity contribution in [2.45, 2.75) is 41.5 Å². The van der Waals surface area contributed by atoms with Gasteiger partial charge in [0.2, 0.25) is 0 Å². The molecule has 0 aromatic heterocycles. The summed E-state index contributed by atoms with van der Waals surface area (Å²) in [6.45, 7) is 16.3. The molecule has 0 saturated heterocycles. The SMILES string of the molecule is CC(C)CN(C)CC(C)(C)C(C)C. The van der Waals surface area contributed by atoms with Crippen molar-refractivity contribution in [2.24, 2.45) is 17.3 Å². The van der Waals surface area contributed by atoms with Gasteiger partial charge < -0.3 is 4.90 Å². The van der Waals surface area contributed by atoms with Crippen LogP contribution in [0.2, 0.25) is 0 Å². The second kappa shape index (κ2) is 4.99. The van der Waals surface area contributed by atoms with Crippen molar-refractivity contribution < 1.29 is 0 Å². The van der Waals surface area contributed by atoms with Crippen LogP contribution in [0.3, 0.4) is 0 Å². The molecule has 0 aliphatic carbocycles. The predicted molar refractivity (Wildman–Crippen MR) is 61.0 cm³/mol. The van der Waals surface area contributed by atoms with Crippen LogP contribution in [-0.2, 0) is 0 Å². The Balaban J connectivity index is 3.96. The van der Waals surface area contributed by atoms with Crippen molar-refractivity contribution in [3.63, 3.8) is 0 Å². The minimum atomic E-state index is 0.434. The van der Waals surface area contributed by atoms with Crippen molar-refractivity contribution in [1.82, 2.24) is 4.90 Å². The van der Waals surface area contributed by atoms with E-state index in [1.165, 1.54) is 13.1 Å². The van der Waals surface area contributed by atoms with Gasteiger partial charge in [-0.05, 0) is 24.3 Å². The molecule has 0 atom stereocenters. The van der Waals surface area contributed by atoms with Gasteiger partial charge in [-0.3, -0.25) is 0 Å². The van der Waals surface area contributed by atoms with Gasteiger partial charge in [0.1, 0.15) is 0 Å². The standard InChI is InChI=1S/C12H27N/c1-10(2)8-13(7)9-12(5,6)11(3)4/h10-11H,8-9H2,1-7H3. The van der Waals surface area contributed by atoms with Crippen LogP contribution in [0.15, 0.2) is 0 Å². The van der Waals surface area contributed by atoms with E-state index in [1.807, 2.05) is 0 Å². The Labute approximate surface area is 84.5 Å². The number of hydrogen-bond acceptors (Lipinski definition) is 1. The van der Waals surface area contributed by atoms with E-state index in [-0.39, 0.29) is 0 Å². The monoisotopic (exact) mass is 185 g/mol. The van der Waals surface area contributed by atoms with Crippen LogP contribution < -0.4 is 0 Å². The van der Waals surface area contributed by atoms with Crippen LogP contribution in [0.25, 0.3) is 0 Å². The summed E-state index contributed by atoms with van der Waals surface area (Å²) in [5, 5.41) is 0. The molecular formula is C12H27N. The summed E-state index contributed by atoms with van der Waals surface area (Å²) in [6, 6.07) is 0. The van der Waals surface area contributed by atoms with Gasteiger partial charge >= 0.3 is 0 Å². The maximum atomic E-state index is 2.45. The molecule has 0 bridgehead atoms. The first-order valence-electron chi connectivity index (χ1n) is 5.44. The third-order valence-electron chi connectivity index (χ3n) is 2.92. The largest absolute Gasteiger partial charge is 0.306 e. The first kappa shape index (κ1) is 13.0. The zero-order valence-corrected chi connectivity index (χ0v) is 10.5. The molecule has 0 aliphatic rings. The van der Waals surface area contributed by atoms with Gasteiger partial charge in [-0.2, -0.15) is 0 Å². The van der Waals surface area contributed by atoms with Crippen molar-refractivity contribution >= 4 is 0 Å². The molecule has 0 N–H and O–H groups in total. The van der Waals surface area contributed by atoms with E-state index in [2.05, 4.69) is 53.5 Å². The quantitative estimate of drug-likeness (QED) is 0.635. The molecule has 0 amide bonds. The first-order chi connectivity index (χ1) is 5.75. The maximum Gasteiger partial charge on any atom is 0.00322 e. The summed E-state index contributed by atoms with van der Waals surface area (Å²) in [6.07, 6.45) is 0. The molecule has 0 aliphatic heterocycles. The zero-order valence-electron chi connectivity index (χ0n) is 10.5. The van der Waals surface area contributed by atoms with E-state index in [9.17, 15) is 0 Å². The molecule has 0 fully saturated rings.